The lowest BCUT2D eigenvalue weighted by molar-refractivity contribution is 0.0175. The Kier molecular flexibility index (Phi) is 4.18. The van der Waals surface area contributed by atoms with E-state index in [1.54, 1.807) is 19.2 Å². The third-order valence-electron chi connectivity index (χ3n) is 2.02. The highest BCUT2D eigenvalue weighted by Gasteiger charge is 2.21. The number of likely N-dealkylation sites (N-methyl/N-ethyl adjacent to an activating group) is 1. The van der Waals surface area contributed by atoms with Crippen molar-refractivity contribution < 1.29 is 10.2 Å². The van der Waals surface area contributed by atoms with Crippen molar-refractivity contribution >= 4 is 0 Å². The monoisotopic (exact) mass is 207 g/mol. The van der Waals surface area contributed by atoms with Crippen LogP contribution in [0.5, 0.6) is 0 Å². The molecule has 5 nitrogen and oxygen atoms in total. The number of rotatable bonds is 4. The van der Waals surface area contributed by atoms with Gasteiger partial charge in [-0.15, -0.1) is 0 Å². The highest BCUT2D eigenvalue weighted by Crippen LogP contribution is 2.17. The van der Waals surface area contributed by atoms with E-state index in [-0.39, 0.29) is 17.8 Å². The lowest BCUT2D eigenvalue weighted by Crippen LogP contribution is -2.30. The topological polar surface area (TPSA) is 89.2 Å². The molecule has 2 unspecified atom stereocenters. The zero-order chi connectivity index (χ0) is 11.3. The predicted octanol–water partition coefficient (Wildman–Crippen LogP) is -0.433. The Labute approximate surface area is 88.0 Å². The molecule has 0 amide bonds. The number of hydrogen-bond acceptors (Lipinski definition) is 5. The lowest BCUT2D eigenvalue weighted by atomic mass is 10.1. The molecule has 0 bridgehead atoms. The number of nitrogens with one attached hydrogen (secondary N) is 1. The zero-order valence-electron chi connectivity index (χ0n) is 8.38. The molecule has 0 aromatic carbocycles. The second kappa shape index (κ2) is 5.41. The number of nitrogens with zero attached hydrogens (tertiary/aromatic N) is 2. The van der Waals surface area contributed by atoms with Crippen LogP contribution in [-0.2, 0) is 0 Å². The summed E-state index contributed by atoms with van der Waals surface area (Å²) in [6.45, 7) is 0.239. The third kappa shape index (κ3) is 2.73. The predicted molar refractivity (Wildman–Crippen MR) is 53.8 cm³/mol. The smallest absolute Gasteiger partial charge is 0.124 e. The second-order valence-electron chi connectivity index (χ2n) is 3.12. The molecular weight excluding hydrogens is 194 g/mol. The van der Waals surface area contributed by atoms with Crippen molar-refractivity contribution in [1.29, 1.82) is 5.26 Å². The van der Waals surface area contributed by atoms with Crippen LogP contribution in [0.2, 0.25) is 0 Å². The van der Waals surface area contributed by atoms with Gasteiger partial charge in [0.2, 0.25) is 0 Å². The van der Waals surface area contributed by atoms with Crippen LogP contribution in [0.15, 0.2) is 18.3 Å². The Morgan fingerprint density at radius 1 is 1.60 bits per heavy atom. The molecule has 3 N–H and O–H groups in total. The van der Waals surface area contributed by atoms with Gasteiger partial charge >= 0.3 is 0 Å². The molecule has 0 fully saturated rings. The van der Waals surface area contributed by atoms with Crippen LogP contribution in [0.4, 0.5) is 0 Å². The average Bonchev–Trinajstić information content (AvgIpc) is 2.28. The van der Waals surface area contributed by atoms with Crippen molar-refractivity contribution in [1.82, 2.24) is 10.3 Å². The zero-order valence-corrected chi connectivity index (χ0v) is 8.38. The molecule has 1 heterocycles. The van der Waals surface area contributed by atoms with Gasteiger partial charge in [-0.25, -0.2) is 0 Å². The van der Waals surface area contributed by atoms with Gasteiger partial charge in [-0.2, -0.15) is 5.26 Å². The minimum atomic E-state index is -1.15. The van der Waals surface area contributed by atoms with Crippen molar-refractivity contribution in [2.24, 2.45) is 0 Å². The average molecular weight is 207 g/mol. The van der Waals surface area contributed by atoms with E-state index in [4.69, 9.17) is 5.26 Å². The normalized spacial score (nSPS) is 14.3. The summed E-state index contributed by atoms with van der Waals surface area (Å²) in [4.78, 5) is 3.89. The molecule has 5 heteroatoms. The van der Waals surface area contributed by atoms with Crippen LogP contribution < -0.4 is 5.32 Å². The fraction of sp³-hybridized carbons (Fsp3) is 0.400. The number of hydrogen-bond donors (Lipinski definition) is 3. The molecule has 0 saturated heterocycles. The fourth-order valence-corrected chi connectivity index (χ4v) is 1.25. The molecule has 0 saturated carbocycles. The first-order valence-corrected chi connectivity index (χ1v) is 4.56. The summed E-state index contributed by atoms with van der Waals surface area (Å²) in [5.41, 5.74) is 0.489. The second-order valence-corrected chi connectivity index (χ2v) is 3.12. The molecule has 80 valence electrons. The Morgan fingerprint density at radius 2 is 2.33 bits per heavy atom. The Hall–Kier alpha value is -1.48. The van der Waals surface area contributed by atoms with Gasteiger partial charge < -0.3 is 15.5 Å². The minimum Gasteiger partial charge on any atom is -0.389 e. The van der Waals surface area contributed by atoms with Crippen LogP contribution in [0, 0.1) is 11.3 Å². The quantitative estimate of drug-likeness (QED) is 0.623. The summed E-state index contributed by atoms with van der Waals surface area (Å²) in [6.07, 6.45) is -0.642. The maximum Gasteiger partial charge on any atom is 0.124 e. The number of pyridine rings is 1. The Balaban J connectivity index is 2.91. The maximum atomic E-state index is 9.73. The van der Waals surface area contributed by atoms with Crippen LogP contribution >= 0.6 is 0 Å². The molecular formula is C10H13N3O2. The molecule has 0 aliphatic heterocycles. The molecule has 15 heavy (non-hydrogen) atoms. The largest absolute Gasteiger partial charge is 0.389 e. The van der Waals surface area contributed by atoms with E-state index in [9.17, 15) is 10.2 Å². The maximum absolute atomic E-state index is 9.73. The van der Waals surface area contributed by atoms with Crippen LogP contribution in [0.1, 0.15) is 17.4 Å². The van der Waals surface area contributed by atoms with Gasteiger partial charge in [0.05, 0.1) is 17.4 Å². The third-order valence-corrected chi connectivity index (χ3v) is 2.02. The number of aliphatic hydroxyl groups excluding tert-OH is 2. The first kappa shape index (κ1) is 11.6. The number of aliphatic hydroxyl groups is 2. The van der Waals surface area contributed by atoms with E-state index < -0.39 is 12.2 Å². The summed E-state index contributed by atoms with van der Waals surface area (Å²) < 4.78 is 0. The highest BCUT2D eigenvalue weighted by atomic mass is 16.3. The van der Waals surface area contributed by atoms with Gasteiger partial charge in [0.15, 0.2) is 0 Å². The molecule has 1 aromatic heterocycles. The van der Waals surface area contributed by atoms with E-state index in [0.717, 1.165) is 0 Å². The van der Waals surface area contributed by atoms with Gasteiger partial charge in [-0.1, -0.05) is 0 Å². The van der Waals surface area contributed by atoms with E-state index in [1.165, 1.54) is 6.20 Å². The highest BCUT2D eigenvalue weighted by molar-refractivity contribution is 5.34. The molecule has 0 radical (unpaired) electrons. The summed E-state index contributed by atoms with van der Waals surface area (Å²) in [5.74, 6) is 0. The standard InChI is InChI=1S/C10H13N3O2/c1-12-6-8(14)10(15)9-7(5-11)3-2-4-13-9/h2-4,8,10,12,14-15H,6H2,1H3. The summed E-state index contributed by atoms with van der Waals surface area (Å²) in [5, 5.41) is 30.8. The van der Waals surface area contributed by atoms with Crippen molar-refractivity contribution in [3.05, 3.63) is 29.6 Å². The van der Waals surface area contributed by atoms with Crippen LogP contribution in [0.3, 0.4) is 0 Å². The molecule has 2 atom stereocenters. The Bertz CT molecular complexity index is 362. The fourth-order valence-electron chi connectivity index (χ4n) is 1.25. The number of aromatic nitrogens is 1. The summed E-state index contributed by atoms with van der Waals surface area (Å²) >= 11 is 0. The minimum absolute atomic E-state index is 0.211. The molecule has 1 aromatic rings. The van der Waals surface area contributed by atoms with Crippen molar-refractivity contribution in [3.63, 3.8) is 0 Å². The summed E-state index contributed by atoms with van der Waals surface area (Å²) in [7, 11) is 1.67. The molecule has 0 spiro atoms. The van der Waals surface area contributed by atoms with Crippen LogP contribution in [-0.4, -0.2) is 34.9 Å². The first-order chi connectivity index (χ1) is 7.20. The van der Waals surface area contributed by atoms with Crippen molar-refractivity contribution in [3.8, 4) is 6.07 Å². The van der Waals surface area contributed by atoms with E-state index >= 15 is 0 Å². The van der Waals surface area contributed by atoms with E-state index in [2.05, 4.69) is 10.3 Å². The van der Waals surface area contributed by atoms with Gasteiger partial charge in [0.1, 0.15) is 12.2 Å². The van der Waals surface area contributed by atoms with Crippen LogP contribution in [0.25, 0.3) is 0 Å². The molecule has 0 aliphatic carbocycles. The van der Waals surface area contributed by atoms with Gasteiger partial charge in [-0.05, 0) is 19.2 Å². The van der Waals surface area contributed by atoms with Crippen molar-refractivity contribution in [2.45, 2.75) is 12.2 Å². The first-order valence-electron chi connectivity index (χ1n) is 4.56. The summed E-state index contributed by atoms with van der Waals surface area (Å²) in [6, 6.07) is 5.08. The van der Waals surface area contributed by atoms with Gasteiger partial charge in [0, 0.05) is 12.7 Å². The lowest BCUT2D eigenvalue weighted by Gasteiger charge is -2.17. The SMILES string of the molecule is CNCC(O)C(O)c1ncccc1C#N. The Morgan fingerprint density at radius 3 is 2.93 bits per heavy atom. The van der Waals surface area contributed by atoms with E-state index in [0.29, 0.717) is 0 Å². The van der Waals surface area contributed by atoms with Gasteiger partial charge in [0.25, 0.3) is 0 Å². The molecule has 0 aliphatic rings. The molecule has 1 rings (SSSR count). The van der Waals surface area contributed by atoms with E-state index in [1.807, 2.05) is 6.07 Å². The van der Waals surface area contributed by atoms with Crippen molar-refractivity contribution in [2.75, 3.05) is 13.6 Å². The van der Waals surface area contributed by atoms with Gasteiger partial charge in [-0.3, -0.25) is 4.98 Å². The number of nitriles is 1.